The topological polar surface area (TPSA) is 64.9 Å². The number of hydrogen-bond acceptors (Lipinski definition) is 3. The number of halogens is 2. The average Bonchev–Trinajstić information content (AvgIpc) is 3.58. The van der Waals surface area contributed by atoms with E-state index in [2.05, 4.69) is 34.9 Å². The number of amides is 1. The van der Waals surface area contributed by atoms with Crippen molar-refractivity contribution in [3.8, 4) is 17.2 Å². The molecule has 0 radical (unpaired) electrons. The Bertz CT molecular complexity index is 1050. The summed E-state index contributed by atoms with van der Waals surface area (Å²) in [6, 6.07) is 15.7. The van der Waals surface area contributed by atoms with Crippen LogP contribution in [0.1, 0.15) is 69.5 Å². The Hall–Kier alpha value is -2.78. The van der Waals surface area contributed by atoms with E-state index in [0.29, 0.717) is 24.8 Å². The van der Waals surface area contributed by atoms with Crippen LogP contribution >= 0.6 is 0 Å². The number of alkyl halides is 2. The molecule has 4 rings (SSSR count). The standard InChI is InChI=1S/C29H35F2N3O/c1-19(2)15-25(28(35)34-29(18-32)13-14-29)33-26(27(30)31)23-11-9-22(10-12-23)24-8-4-7-21(17-24)16-20-5-3-6-20/h4,7-12,17,19-20,25-27,33H,3,5-6,13-16H2,1-2H3,(H,34,35)/t25-,26-/m0/s1. The van der Waals surface area contributed by atoms with Crippen LogP contribution in [0.2, 0.25) is 0 Å². The van der Waals surface area contributed by atoms with Crippen molar-refractivity contribution in [2.75, 3.05) is 0 Å². The van der Waals surface area contributed by atoms with Gasteiger partial charge >= 0.3 is 0 Å². The monoisotopic (exact) mass is 479 g/mol. The molecule has 0 saturated heterocycles. The molecule has 186 valence electrons. The average molecular weight is 480 g/mol. The molecule has 0 bridgehead atoms. The molecule has 0 unspecified atom stereocenters. The van der Waals surface area contributed by atoms with Crippen LogP contribution in [0.25, 0.3) is 11.1 Å². The summed E-state index contributed by atoms with van der Waals surface area (Å²) >= 11 is 0. The molecular formula is C29H35F2N3O. The van der Waals surface area contributed by atoms with Crippen molar-refractivity contribution in [3.63, 3.8) is 0 Å². The largest absolute Gasteiger partial charge is 0.336 e. The van der Waals surface area contributed by atoms with Crippen LogP contribution in [0.3, 0.4) is 0 Å². The molecule has 2 aromatic carbocycles. The number of carbonyl (C=O) groups excluding carboxylic acids is 1. The van der Waals surface area contributed by atoms with Gasteiger partial charge in [0.25, 0.3) is 6.43 Å². The van der Waals surface area contributed by atoms with E-state index in [-0.39, 0.29) is 11.8 Å². The van der Waals surface area contributed by atoms with Gasteiger partial charge in [0.05, 0.1) is 18.2 Å². The summed E-state index contributed by atoms with van der Waals surface area (Å²) in [5, 5.41) is 15.0. The summed E-state index contributed by atoms with van der Waals surface area (Å²) in [6.45, 7) is 3.90. The molecule has 0 heterocycles. The first-order valence-corrected chi connectivity index (χ1v) is 12.8. The summed E-state index contributed by atoms with van der Waals surface area (Å²) < 4.78 is 28.3. The minimum atomic E-state index is -2.68. The number of rotatable bonds is 11. The van der Waals surface area contributed by atoms with Gasteiger partial charge in [0, 0.05) is 0 Å². The molecule has 2 aromatic rings. The van der Waals surface area contributed by atoms with Crippen molar-refractivity contribution in [2.24, 2.45) is 11.8 Å². The second kappa shape index (κ2) is 10.9. The zero-order valence-corrected chi connectivity index (χ0v) is 20.6. The summed E-state index contributed by atoms with van der Waals surface area (Å²) in [6.07, 6.45) is 3.95. The fourth-order valence-corrected chi connectivity index (χ4v) is 4.76. The summed E-state index contributed by atoms with van der Waals surface area (Å²) in [4.78, 5) is 12.9. The van der Waals surface area contributed by atoms with Gasteiger partial charge in [-0.3, -0.25) is 10.1 Å². The Morgan fingerprint density at radius 2 is 1.83 bits per heavy atom. The van der Waals surface area contributed by atoms with Gasteiger partial charge in [0.1, 0.15) is 5.54 Å². The first-order chi connectivity index (χ1) is 16.8. The van der Waals surface area contributed by atoms with Gasteiger partial charge in [0.2, 0.25) is 5.91 Å². The van der Waals surface area contributed by atoms with E-state index >= 15 is 0 Å². The number of nitrogens with one attached hydrogen (secondary N) is 2. The fraction of sp³-hybridized carbons (Fsp3) is 0.517. The molecule has 2 aliphatic carbocycles. The fourth-order valence-electron chi connectivity index (χ4n) is 4.76. The van der Waals surface area contributed by atoms with E-state index in [9.17, 15) is 18.8 Å². The predicted octanol–water partition coefficient (Wildman–Crippen LogP) is 6.18. The first kappa shape index (κ1) is 25.3. The molecule has 2 saturated carbocycles. The van der Waals surface area contributed by atoms with Gasteiger partial charge in [-0.05, 0) is 59.8 Å². The molecule has 6 heteroatoms. The maximum Gasteiger partial charge on any atom is 0.257 e. The Morgan fingerprint density at radius 1 is 1.11 bits per heavy atom. The lowest BCUT2D eigenvalue weighted by Gasteiger charge is -2.27. The minimum Gasteiger partial charge on any atom is -0.336 e. The first-order valence-electron chi connectivity index (χ1n) is 12.8. The van der Waals surface area contributed by atoms with Crippen molar-refractivity contribution >= 4 is 5.91 Å². The number of carbonyl (C=O) groups is 1. The number of nitriles is 1. The maximum atomic E-state index is 14.2. The van der Waals surface area contributed by atoms with Crippen LogP contribution in [0.4, 0.5) is 8.78 Å². The van der Waals surface area contributed by atoms with Crippen LogP contribution in [0.5, 0.6) is 0 Å². The van der Waals surface area contributed by atoms with Crippen LogP contribution in [0.15, 0.2) is 48.5 Å². The quantitative estimate of drug-likeness (QED) is 0.405. The highest BCUT2D eigenvalue weighted by molar-refractivity contribution is 5.83. The number of nitrogens with zero attached hydrogens (tertiary/aromatic N) is 1. The van der Waals surface area contributed by atoms with Crippen LogP contribution in [0, 0.1) is 23.2 Å². The lowest BCUT2D eigenvalue weighted by molar-refractivity contribution is -0.124. The lowest BCUT2D eigenvalue weighted by Crippen LogP contribution is -2.51. The Balaban J connectivity index is 1.48. The highest BCUT2D eigenvalue weighted by atomic mass is 19.3. The molecule has 0 spiro atoms. The predicted molar refractivity (Wildman–Crippen MR) is 134 cm³/mol. The van der Waals surface area contributed by atoms with Gasteiger partial charge in [-0.2, -0.15) is 5.26 Å². The molecular weight excluding hydrogens is 444 g/mol. The van der Waals surface area contributed by atoms with Crippen molar-refractivity contribution in [1.29, 1.82) is 5.26 Å². The molecule has 2 aliphatic rings. The van der Waals surface area contributed by atoms with Gasteiger partial charge in [-0.15, -0.1) is 0 Å². The molecule has 1 amide bonds. The van der Waals surface area contributed by atoms with E-state index in [0.717, 1.165) is 23.5 Å². The van der Waals surface area contributed by atoms with Gasteiger partial charge in [-0.25, -0.2) is 8.78 Å². The van der Waals surface area contributed by atoms with E-state index in [1.54, 1.807) is 12.1 Å². The summed E-state index contributed by atoms with van der Waals surface area (Å²) in [5.74, 6) is 0.524. The van der Waals surface area contributed by atoms with Gasteiger partial charge in [0.15, 0.2) is 0 Å². The maximum absolute atomic E-state index is 14.2. The molecule has 2 fully saturated rings. The Labute approximate surface area is 207 Å². The zero-order chi connectivity index (χ0) is 25.0. The zero-order valence-electron chi connectivity index (χ0n) is 20.6. The third-order valence-corrected chi connectivity index (χ3v) is 7.26. The smallest absolute Gasteiger partial charge is 0.257 e. The second-order valence-electron chi connectivity index (χ2n) is 10.7. The van der Waals surface area contributed by atoms with Crippen LogP contribution in [-0.4, -0.2) is 23.9 Å². The van der Waals surface area contributed by atoms with Gasteiger partial charge < -0.3 is 5.32 Å². The van der Waals surface area contributed by atoms with E-state index < -0.39 is 24.0 Å². The Kier molecular flexibility index (Phi) is 7.86. The summed E-state index contributed by atoms with van der Waals surface area (Å²) in [7, 11) is 0. The van der Waals surface area contributed by atoms with E-state index in [4.69, 9.17) is 0 Å². The van der Waals surface area contributed by atoms with E-state index in [1.165, 1.54) is 24.8 Å². The minimum absolute atomic E-state index is 0.128. The SMILES string of the molecule is CC(C)C[C@H](N[C@@H](c1ccc(-c2cccc(CC3CCC3)c2)cc1)C(F)F)C(=O)NC1(C#N)CC1. The molecule has 35 heavy (non-hydrogen) atoms. The molecule has 2 N–H and O–H groups in total. The number of hydrogen-bond donors (Lipinski definition) is 2. The van der Waals surface area contributed by atoms with Gasteiger partial charge in [-0.1, -0.05) is 81.6 Å². The van der Waals surface area contributed by atoms with Crippen molar-refractivity contribution in [3.05, 3.63) is 59.7 Å². The van der Waals surface area contributed by atoms with E-state index in [1.807, 2.05) is 32.0 Å². The molecule has 0 aromatic heterocycles. The molecule has 0 aliphatic heterocycles. The second-order valence-corrected chi connectivity index (χ2v) is 10.7. The highest BCUT2D eigenvalue weighted by Gasteiger charge is 2.46. The lowest BCUT2D eigenvalue weighted by atomic mass is 9.80. The Morgan fingerprint density at radius 3 is 2.37 bits per heavy atom. The molecule has 4 nitrogen and oxygen atoms in total. The van der Waals surface area contributed by atoms with Crippen molar-refractivity contribution < 1.29 is 13.6 Å². The normalized spacial score (nSPS) is 18.5. The third kappa shape index (κ3) is 6.46. The highest BCUT2D eigenvalue weighted by Crippen LogP contribution is 2.35. The summed E-state index contributed by atoms with van der Waals surface area (Å²) in [5.41, 5.74) is 2.99. The molecule has 2 atom stereocenters. The number of benzene rings is 2. The van der Waals surface area contributed by atoms with Crippen molar-refractivity contribution in [2.45, 2.75) is 82.8 Å². The van der Waals surface area contributed by atoms with Crippen molar-refractivity contribution in [1.82, 2.24) is 10.6 Å². The van der Waals surface area contributed by atoms with Crippen LogP contribution in [-0.2, 0) is 11.2 Å². The van der Waals surface area contributed by atoms with Crippen LogP contribution < -0.4 is 10.6 Å². The third-order valence-electron chi connectivity index (χ3n) is 7.26.